The third kappa shape index (κ3) is 3.69. The van der Waals surface area contributed by atoms with Crippen LogP contribution in [0.1, 0.15) is 66.8 Å². The Balaban J connectivity index is 1.61. The Bertz CT molecular complexity index is 831. The van der Waals surface area contributed by atoms with Gasteiger partial charge in [-0.1, -0.05) is 13.8 Å². The van der Waals surface area contributed by atoms with Crippen LogP contribution in [0.15, 0.2) is 0 Å². The molecule has 0 radical (unpaired) electrons. The molecule has 1 amide bonds. The van der Waals surface area contributed by atoms with E-state index < -0.39 is 23.8 Å². The summed E-state index contributed by atoms with van der Waals surface area (Å²) in [6.07, 6.45) is 5.94. The van der Waals surface area contributed by atoms with Crippen LogP contribution < -0.4 is 10.4 Å². The lowest BCUT2D eigenvalue weighted by Gasteiger charge is -2.30. The fourth-order valence-corrected chi connectivity index (χ4v) is 6.93. The average Bonchev–Trinajstić information content (AvgIpc) is 3.37. The number of nitrogens with one attached hydrogen (secondary N) is 1. The molecule has 2 bridgehead atoms. The first kappa shape index (κ1) is 20.4. The summed E-state index contributed by atoms with van der Waals surface area (Å²) in [4.78, 5) is 38.7. The lowest BCUT2D eigenvalue weighted by atomic mass is 9.78. The number of fused-ring (bicyclic) bond motifs is 3. The zero-order valence-electron chi connectivity index (χ0n) is 17.0. The van der Waals surface area contributed by atoms with Crippen LogP contribution in [0.2, 0.25) is 0 Å². The van der Waals surface area contributed by atoms with Crippen molar-refractivity contribution in [1.29, 1.82) is 0 Å². The van der Waals surface area contributed by atoms with Crippen LogP contribution in [0.3, 0.4) is 0 Å². The second kappa shape index (κ2) is 8.09. The SMILES string of the molecule is CCCOC(=O)c1c(NC(=O)[C@@H]2[C@@H]3CC[C@@H](C3)[C@@H]2C(=O)[O-])sc2c1CC[C@@H](C)C2. The van der Waals surface area contributed by atoms with Crippen molar-refractivity contribution < 1.29 is 24.2 Å². The molecule has 3 aliphatic rings. The molecule has 0 spiro atoms. The van der Waals surface area contributed by atoms with E-state index in [4.69, 9.17) is 4.74 Å². The summed E-state index contributed by atoms with van der Waals surface area (Å²) in [6.45, 7) is 4.47. The summed E-state index contributed by atoms with van der Waals surface area (Å²) >= 11 is 1.45. The maximum Gasteiger partial charge on any atom is 0.341 e. The molecule has 2 fully saturated rings. The normalized spacial score (nSPS) is 30.1. The number of amides is 1. The van der Waals surface area contributed by atoms with Crippen LogP contribution in [0.4, 0.5) is 5.00 Å². The van der Waals surface area contributed by atoms with Crippen molar-refractivity contribution in [2.75, 3.05) is 11.9 Å². The van der Waals surface area contributed by atoms with Gasteiger partial charge in [-0.2, -0.15) is 0 Å². The highest BCUT2D eigenvalue weighted by molar-refractivity contribution is 7.17. The van der Waals surface area contributed by atoms with E-state index >= 15 is 0 Å². The lowest BCUT2D eigenvalue weighted by molar-refractivity contribution is -0.314. The van der Waals surface area contributed by atoms with Gasteiger partial charge in [-0.25, -0.2) is 4.79 Å². The quantitative estimate of drug-likeness (QED) is 0.717. The maximum atomic E-state index is 13.1. The minimum atomic E-state index is -1.13. The minimum Gasteiger partial charge on any atom is -0.550 e. The summed E-state index contributed by atoms with van der Waals surface area (Å²) in [7, 11) is 0. The molecule has 0 saturated heterocycles. The zero-order chi connectivity index (χ0) is 20.7. The van der Waals surface area contributed by atoms with Crippen molar-refractivity contribution in [3.63, 3.8) is 0 Å². The molecule has 0 aliphatic heterocycles. The van der Waals surface area contributed by atoms with Crippen LogP contribution in [0.25, 0.3) is 0 Å². The fourth-order valence-electron chi connectivity index (χ4n) is 5.52. The average molecular weight is 419 g/mol. The number of hydrogen-bond donors (Lipinski definition) is 1. The van der Waals surface area contributed by atoms with E-state index in [1.54, 1.807) is 0 Å². The fraction of sp³-hybridized carbons (Fsp3) is 0.682. The molecule has 1 heterocycles. The number of carboxylic acids is 1. The van der Waals surface area contributed by atoms with Crippen molar-refractivity contribution >= 4 is 34.2 Å². The number of esters is 1. The van der Waals surface area contributed by atoms with E-state index in [2.05, 4.69) is 12.2 Å². The maximum absolute atomic E-state index is 13.1. The van der Waals surface area contributed by atoms with Crippen LogP contribution in [0.5, 0.6) is 0 Å². The Morgan fingerprint density at radius 1 is 1.17 bits per heavy atom. The minimum absolute atomic E-state index is 0.0344. The second-order valence-electron chi connectivity index (χ2n) is 8.88. The smallest absolute Gasteiger partial charge is 0.341 e. The molecule has 29 heavy (non-hydrogen) atoms. The molecule has 1 aromatic rings. The summed E-state index contributed by atoms with van der Waals surface area (Å²) in [5.74, 6) is -2.44. The topological polar surface area (TPSA) is 95.5 Å². The number of carbonyl (C=O) groups excluding carboxylic acids is 3. The largest absolute Gasteiger partial charge is 0.550 e. The number of carboxylic acid groups (broad SMARTS) is 1. The predicted octanol–water partition coefficient (Wildman–Crippen LogP) is 2.79. The molecule has 3 aliphatic carbocycles. The Morgan fingerprint density at radius 3 is 2.59 bits per heavy atom. The number of carbonyl (C=O) groups is 3. The van der Waals surface area contributed by atoms with Gasteiger partial charge < -0.3 is 20.0 Å². The van der Waals surface area contributed by atoms with Gasteiger partial charge in [0, 0.05) is 22.7 Å². The summed E-state index contributed by atoms with van der Waals surface area (Å²) in [6, 6.07) is 0. The molecule has 7 heteroatoms. The number of rotatable bonds is 6. The molecule has 6 nitrogen and oxygen atoms in total. The lowest BCUT2D eigenvalue weighted by Crippen LogP contribution is -2.44. The molecule has 5 atom stereocenters. The standard InChI is InChI=1S/C22H29NO5S/c1-3-8-28-22(27)18-14-7-4-11(2)9-15(14)29-20(18)23-19(24)16-12-5-6-13(10-12)17(16)21(25)26/h11-13,16-17H,3-10H2,1-2H3,(H,23,24)(H,25,26)/p-1/t11-,12-,13+,16-,17+/m1/s1. The molecule has 4 rings (SSSR count). The number of anilines is 1. The van der Waals surface area contributed by atoms with E-state index in [0.717, 1.165) is 55.4 Å². The van der Waals surface area contributed by atoms with Gasteiger partial charge in [0.1, 0.15) is 5.00 Å². The van der Waals surface area contributed by atoms with E-state index in [1.165, 1.54) is 11.3 Å². The first-order valence-electron chi connectivity index (χ1n) is 10.7. The molecule has 158 valence electrons. The molecular formula is C22H28NO5S-. The molecule has 2 saturated carbocycles. The third-order valence-electron chi connectivity index (χ3n) is 6.88. The van der Waals surface area contributed by atoms with Gasteiger partial charge in [0.05, 0.1) is 12.2 Å². The summed E-state index contributed by atoms with van der Waals surface area (Å²) in [5, 5.41) is 15.1. The van der Waals surface area contributed by atoms with E-state index in [-0.39, 0.29) is 17.7 Å². The van der Waals surface area contributed by atoms with E-state index in [0.29, 0.717) is 23.1 Å². The molecule has 1 aromatic heterocycles. The zero-order valence-corrected chi connectivity index (χ0v) is 17.8. The third-order valence-corrected chi connectivity index (χ3v) is 8.05. The highest BCUT2D eigenvalue weighted by Gasteiger charge is 2.51. The van der Waals surface area contributed by atoms with Crippen LogP contribution >= 0.6 is 11.3 Å². The van der Waals surface area contributed by atoms with Crippen molar-refractivity contribution in [1.82, 2.24) is 0 Å². The Kier molecular flexibility index (Phi) is 5.69. The van der Waals surface area contributed by atoms with E-state index in [1.807, 2.05) is 6.92 Å². The van der Waals surface area contributed by atoms with Crippen molar-refractivity contribution in [3.8, 4) is 0 Å². The molecule has 0 unspecified atom stereocenters. The highest BCUT2D eigenvalue weighted by atomic mass is 32.1. The Hall–Kier alpha value is -1.89. The molecule has 0 aromatic carbocycles. The molecule has 1 N–H and O–H groups in total. The van der Waals surface area contributed by atoms with Crippen LogP contribution in [-0.4, -0.2) is 24.5 Å². The predicted molar refractivity (Wildman–Crippen MR) is 108 cm³/mol. The van der Waals surface area contributed by atoms with Crippen molar-refractivity contribution in [2.24, 2.45) is 29.6 Å². The first-order chi connectivity index (χ1) is 13.9. The van der Waals surface area contributed by atoms with Gasteiger partial charge in [-0.3, -0.25) is 4.79 Å². The van der Waals surface area contributed by atoms with Gasteiger partial charge >= 0.3 is 5.97 Å². The van der Waals surface area contributed by atoms with Crippen molar-refractivity contribution in [2.45, 2.75) is 58.8 Å². The van der Waals surface area contributed by atoms with Gasteiger partial charge in [-0.05, 0) is 68.3 Å². The number of aliphatic carboxylic acids is 1. The Labute approximate surface area is 175 Å². The summed E-state index contributed by atoms with van der Waals surface area (Å²) < 4.78 is 5.40. The number of ether oxygens (including phenoxy) is 1. The second-order valence-corrected chi connectivity index (χ2v) is 9.99. The van der Waals surface area contributed by atoms with Crippen molar-refractivity contribution in [3.05, 3.63) is 16.0 Å². The number of hydrogen-bond acceptors (Lipinski definition) is 6. The van der Waals surface area contributed by atoms with Gasteiger partial charge in [0.15, 0.2) is 0 Å². The monoisotopic (exact) mass is 418 g/mol. The molecular weight excluding hydrogens is 390 g/mol. The van der Waals surface area contributed by atoms with E-state index in [9.17, 15) is 19.5 Å². The van der Waals surface area contributed by atoms with Crippen LogP contribution in [0, 0.1) is 29.6 Å². The number of thiophene rings is 1. The van der Waals surface area contributed by atoms with Gasteiger partial charge in [-0.15, -0.1) is 11.3 Å². The first-order valence-corrected chi connectivity index (χ1v) is 11.6. The van der Waals surface area contributed by atoms with Gasteiger partial charge in [0.25, 0.3) is 0 Å². The van der Waals surface area contributed by atoms with Gasteiger partial charge in [0.2, 0.25) is 5.91 Å². The Morgan fingerprint density at radius 2 is 1.90 bits per heavy atom. The van der Waals surface area contributed by atoms with Crippen LogP contribution in [-0.2, 0) is 27.2 Å². The summed E-state index contributed by atoms with van der Waals surface area (Å²) in [5.41, 5.74) is 1.47. The highest BCUT2D eigenvalue weighted by Crippen LogP contribution is 2.52.